The van der Waals surface area contributed by atoms with Gasteiger partial charge in [-0.05, 0) is 36.3 Å². The van der Waals surface area contributed by atoms with Crippen LogP contribution in [-0.4, -0.2) is 30.0 Å². The van der Waals surface area contributed by atoms with Crippen LogP contribution in [0.4, 0.5) is 11.5 Å². The Morgan fingerprint density at radius 2 is 2.07 bits per heavy atom. The highest BCUT2D eigenvalue weighted by Gasteiger charge is 2.36. The van der Waals surface area contributed by atoms with Gasteiger partial charge in [0, 0.05) is 19.1 Å². The van der Waals surface area contributed by atoms with E-state index in [1.807, 2.05) is 35.2 Å². The second-order valence-electron chi connectivity index (χ2n) is 7.68. The van der Waals surface area contributed by atoms with Crippen LogP contribution in [0.25, 0.3) is 4.85 Å². The van der Waals surface area contributed by atoms with Gasteiger partial charge in [-0.25, -0.2) is 9.83 Å². The molecule has 2 heterocycles. The molecule has 1 saturated carbocycles. The number of thioether (sulfide) groups is 1. The first kappa shape index (κ1) is 20.2. The maximum Gasteiger partial charge on any atom is 0.235 e. The van der Waals surface area contributed by atoms with Gasteiger partial charge in [-0.2, -0.15) is 5.26 Å². The number of nitrogens with zero attached hydrogens (tertiary/aromatic N) is 4. The van der Waals surface area contributed by atoms with Crippen LogP contribution in [0.5, 0.6) is 0 Å². The molecule has 1 amide bonds. The lowest BCUT2D eigenvalue weighted by Crippen LogP contribution is -2.27. The lowest BCUT2D eigenvalue weighted by Gasteiger charge is -2.23. The minimum Gasteiger partial charge on any atom is -0.368 e. The van der Waals surface area contributed by atoms with E-state index in [1.165, 1.54) is 11.8 Å². The van der Waals surface area contributed by atoms with Crippen LogP contribution in [0.1, 0.15) is 47.1 Å². The summed E-state index contributed by atoms with van der Waals surface area (Å²) in [6.45, 7) is 9.12. The summed E-state index contributed by atoms with van der Waals surface area (Å²) in [6.07, 6.45) is 2.72. The largest absolute Gasteiger partial charge is 0.368 e. The first-order valence-corrected chi connectivity index (χ1v) is 10.8. The molecule has 2 aliphatic rings. The first-order valence-electron chi connectivity index (χ1n) is 9.90. The Kier molecular flexibility index (Phi) is 5.63. The van der Waals surface area contributed by atoms with E-state index in [9.17, 15) is 10.1 Å². The van der Waals surface area contributed by atoms with Crippen molar-refractivity contribution in [2.24, 2.45) is 11.5 Å². The maximum atomic E-state index is 12.3. The van der Waals surface area contributed by atoms with E-state index in [0.717, 1.165) is 30.4 Å². The predicted molar refractivity (Wildman–Crippen MR) is 116 cm³/mol. The highest BCUT2D eigenvalue weighted by molar-refractivity contribution is 8.00. The molecule has 2 atom stereocenters. The molecule has 30 heavy (non-hydrogen) atoms. The Morgan fingerprint density at radius 3 is 2.60 bits per heavy atom. The zero-order valence-electron chi connectivity index (χ0n) is 16.4. The summed E-state index contributed by atoms with van der Waals surface area (Å²) >= 11 is 1.18. The van der Waals surface area contributed by atoms with Crippen LogP contribution < -0.4 is 16.4 Å². The number of pyridine rings is 1. The molecule has 0 spiro atoms. The van der Waals surface area contributed by atoms with E-state index >= 15 is 0 Å². The van der Waals surface area contributed by atoms with Gasteiger partial charge in [0.15, 0.2) is 0 Å². The van der Waals surface area contributed by atoms with E-state index in [1.54, 1.807) is 0 Å². The fraction of sp³-hybridized carbons (Fsp3) is 0.364. The molecule has 1 aliphatic heterocycles. The summed E-state index contributed by atoms with van der Waals surface area (Å²) < 4.78 is 0. The zero-order chi connectivity index (χ0) is 21.3. The van der Waals surface area contributed by atoms with Crippen molar-refractivity contribution >= 4 is 29.2 Å². The predicted octanol–water partition coefficient (Wildman–Crippen LogP) is 3.24. The molecule has 1 aliphatic carbocycles. The molecular formula is C22H22N6OS. The summed E-state index contributed by atoms with van der Waals surface area (Å²) in [5.74, 6) is 0.256. The monoisotopic (exact) mass is 418 g/mol. The van der Waals surface area contributed by atoms with Crippen molar-refractivity contribution in [2.45, 2.75) is 41.5 Å². The van der Waals surface area contributed by atoms with Crippen molar-refractivity contribution in [2.75, 3.05) is 18.0 Å². The second-order valence-corrected chi connectivity index (χ2v) is 8.78. The fourth-order valence-electron chi connectivity index (χ4n) is 3.86. The SMILES string of the molecule is [C-]#[N+]c1c(N2CC[C@H](N)C2)nc(SC(C(N)=O)c2ccccc2)c(C#N)c1C1CC1. The molecule has 7 nitrogen and oxygen atoms in total. The van der Waals surface area contributed by atoms with Gasteiger partial charge in [0.25, 0.3) is 0 Å². The number of nitriles is 1. The van der Waals surface area contributed by atoms with Crippen LogP contribution in [0.15, 0.2) is 35.4 Å². The first-order chi connectivity index (χ1) is 14.5. The topological polar surface area (TPSA) is 113 Å². The minimum atomic E-state index is -0.676. The lowest BCUT2D eigenvalue weighted by atomic mass is 10.0. The molecule has 8 heteroatoms. The number of hydrogen-bond acceptors (Lipinski definition) is 6. The zero-order valence-corrected chi connectivity index (χ0v) is 17.2. The average molecular weight is 419 g/mol. The summed E-state index contributed by atoms with van der Waals surface area (Å²) in [5, 5.41) is 9.74. The Hall–Kier alpha value is -3.07. The molecule has 1 unspecified atom stereocenters. The standard InChI is InChI=1S/C22H22N6OS/c1-26-18-17(13-7-8-13)16(11-23)22(27-21(18)28-10-9-15(24)12-28)30-19(20(25)29)14-5-3-2-4-6-14/h2-6,13,15,19H,7-10,12,24H2,(H2,25,29)/t15-,19?/m0/s1. The van der Waals surface area contributed by atoms with Crippen molar-refractivity contribution in [3.05, 3.63) is 58.4 Å². The van der Waals surface area contributed by atoms with Crippen LogP contribution in [-0.2, 0) is 4.79 Å². The third-order valence-corrected chi connectivity index (χ3v) is 6.74. The van der Waals surface area contributed by atoms with Gasteiger partial charge in [-0.1, -0.05) is 42.1 Å². The second kappa shape index (κ2) is 8.35. The summed E-state index contributed by atoms with van der Waals surface area (Å²) in [6, 6.07) is 11.5. The van der Waals surface area contributed by atoms with E-state index in [0.29, 0.717) is 35.2 Å². The number of primary amides is 1. The van der Waals surface area contributed by atoms with E-state index < -0.39 is 11.2 Å². The number of aromatic nitrogens is 1. The van der Waals surface area contributed by atoms with Gasteiger partial charge in [0.05, 0.1) is 12.1 Å². The molecule has 4 N–H and O–H groups in total. The van der Waals surface area contributed by atoms with Crippen molar-refractivity contribution < 1.29 is 4.79 Å². The lowest BCUT2D eigenvalue weighted by molar-refractivity contribution is -0.117. The van der Waals surface area contributed by atoms with Crippen LogP contribution in [0.2, 0.25) is 0 Å². The van der Waals surface area contributed by atoms with E-state index in [-0.39, 0.29) is 12.0 Å². The van der Waals surface area contributed by atoms with Gasteiger partial charge >= 0.3 is 0 Å². The highest BCUT2D eigenvalue weighted by atomic mass is 32.2. The molecule has 0 radical (unpaired) electrons. The number of hydrogen-bond donors (Lipinski definition) is 2. The molecule has 2 fully saturated rings. The number of amides is 1. The smallest absolute Gasteiger partial charge is 0.235 e. The normalized spacial score (nSPS) is 19.2. The van der Waals surface area contributed by atoms with Gasteiger partial charge in [0.2, 0.25) is 11.6 Å². The van der Waals surface area contributed by atoms with Crippen LogP contribution in [0.3, 0.4) is 0 Å². The molecule has 1 aromatic carbocycles. The number of anilines is 1. The summed E-state index contributed by atoms with van der Waals surface area (Å²) in [4.78, 5) is 22.8. The Morgan fingerprint density at radius 1 is 1.33 bits per heavy atom. The molecule has 1 saturated heterocycles. The third kappa shape index (κ3) is 3.85. The van der Waals surface area contributed by atoms with Gasteiger partial charge in [0.1, 0.15) is 22.2 Å². The van der Waals surface area contributed by atoms with Crippen LogP contribution >= 0.6 is 11.8 Å². The Labute approximate surface area is 179 Å². The summed E-state index contributed by atoms with van der Waals surface area (Å²) in [5.41, 5.74) is 14.2. The molecule has 4 rings (SSSR count). The quantitative estimate of drug-likeness (QED) is 0.550. The number of carbonyl (C=O) groups excluding carboxylic acids is 1. The van der Waals surface area contributed by atoms with Gasteiger partial charge in [-0.15, -0.1) is 0 Å². The van der Waals surface area contributed by atoms with E-state index in [2.05, 4.69) is 10.9 Å². The Bertz CT molecular complexity index is 1050. The van der Waals surface area contributed by atoms with E-state index in [4.69, 9.17) is 23.0 Å². The fourth-order valence-corrected chi connectivity index (χ4v) is 4.91. The molecule has 152 valence electrons. The number of carbonyl (C=O) groups is 1. The minimum absolute atomic E-state index is 0.0317. The van der Waals surface area contributed by atoms with Crippen molar-refractivity contribution in [3.63, 3.8) is 0 Å². The highest BCUT2D eigenvalue weighted by Crippen LogP contribution is 2.51. The average Bonchev–Trinajstić information content (AvgIpc) is 3.51. The van der Waals surface area contributed by atoms with Gasteiger partial charge in [-0.3, -0.25) is 4.79 Å². The Balaban J connectivity index is 1.84. The molecular weight excluding hydrogens is 396 g/mol. The molecule has 1 aromatic heterocycles. The molecule has 0 bridgehead atoms. The third-order valence-electron chi connectivity index (χ3n) is 5.48. The van der Waals surface area contributed by atoms with Crippen molar-refractivity contribution in [1.82, 2.24) is 4.98 Å². The van der Waals surface area contributed by atoms with Gasteiger partial charge < -0.3 is 16.4 Å². The summed E-state index contributed by atoms with van der Waals surface area (Å²) in [7, 11) is 0. The maximum absolute atomic E-state index is 12.3. The van der Waals surface area contributed by atoms with Crippen molar-refractivity contribution in [3.8, 4) is 6.07 Å². The number of benzene rings is 1. The molecule has 2 aromatic rings. The van der Waals surface area contributed by atoms with Crippen molar-refractivity contribution in [1.29, 1.82) is 5.26 Å². The van der Waals surface area contributed by atoms with Crippen LogP contribution in [0, 0.1) is 17.9 Å². The number of nitrogens with two attached hydrogens (primary N) is 2. The number of rotatable bonds is 6.